The molecule has 2 rings (SSSR count). The van der Waals surface area contributed by atoms with Crippen LogP contribution in [0.4, 0.5) is 4.39 Å². The number of halogens is 2. The summed E-state index contributed by atoms with van der Waals surface area (Å²) in [4.78, 5) is 6.73. The normalized spacial score (nSPS) is 12.6. The van der Waals surface area contributed by atoms with Crippen LogP contribution in [-0.4, -0.2) is 11.0 Å². The standard InChI is InChI=1S/C12H11ClFN2/c1-7(15-2)3-8-6-16-12-5-10(13)11(14)4-9(8)12/h2,4-7,16H,3H2,1H3/q+1/t7-/m0/s1. The van der Waals surface area contributed by atoms with Gasteiger partial charge in [0.25, 0.3) is 12.6 Å². The van der Waals surface area contributed by atoms with Gasteiger partial charge in [-0.15, -0.1) is 0 Å². The largest absolute Gasteiger partial charge is 0.361 e. The highest BCUT2D eigenvalue weighted by Gasteiger charge is 2.14. The zero-order valence-corrected chi connectivity index (χ0v) is 9.55. The van der Waals surface area contributed by atoms with Crippen molar-refractivity contribution in [3.8, 4) is 6.57 Å². The summed E-state index contributed by atoms with van der Waals surface area (Å²) < 4.78 is 13.3. The highest BCUT2D eigenvalue weighted by molar-refractivity contribution is 6.31. The van der Waals surface area contributed by atoms with Crippen LogP contribution in [0.25, 0.3) is 15.7 Å². The van der Waals surface area contributed by atoms with Gasteiger partial charge in [-0.25, -0.2) is 4.39 Å². The molecule has 0 amide bonds. The van der Waals surface area contributed by atoms with Crippen molar-refractivity contribution in [2.45, 2.75) is 19.4 Å². The molecule has 4 heteroatoms. The molecule has 16 heavy (non-hydrogen) atoms. The summed E-state index contributed by atoms with van der Waals surface area (Å²) in [6.07, 6.45) is 2.51. The molecule has 0 aliphatic heterocycles. The highest BCUT2D eigenvalue weighted by Crippen LogP contribution is 2.26. The van der Waals surface area contributed by atoms with Gasteiger partial charge in [0.1, 0.15) is 5.82 Å². The first-order valence-electron chi connectivity index (χ1n) is 4.97. The van der Waals surface area contributed by atoms with Gasteiger partial charge in [0.05, 0.1) is 11.4 Å². The fourth-order valence-corrected chi connectivity index (χ4v) is 1.88. The Balaban J connectivity index is 2.49. The molecule has 1 N–H and O–H groups in total. The van der Waals surface area contributed by atoms with Crippen LogP contribution < -0.4 is 0 Å². The number of hydrogen-bond acceptors (Lipinski definition) is 0. The number of nitrogens with zero attached hydrogens (tertiary/aromatic N) is 1. The molecular formula is C12H11ClFN2+. The first kappa shape index (κ1) is 11.0. The monoisotopic (exact) mass is 237 g/mol. The Morgan fingerprint density at radius 3 is 3.00 bits per heavy atom. The lowest BCUT2D eigenvalue weighted by Crippen LogP contribution is -1.99. The van der Waals surface area contributed by atoms with Crippen molar-refractivity contribution in [1.29, 1.82) is 0 Å². The lowest BCUT2D eigenvalue weighted by molar-refractivity contribution is 0.630. The van der Waals surface area contributed by atoms with E-state index in [2.05, 4.69) is 9.83 Å². The van der Waals surface area contributed by atoms with Crippen LogP contribution in [-0.2, 0) is 6.42 Å². The van der Waals surface area contributed by atoms with Gasteiger partial charge >= 0.3 is 0 Å². The molecule has 0 aliphatic carbocycles. The van der Waals surface area contributed by atoms with E-state index >= 15 is 0 Å². The Bertz CT molecular complexity index is 568. The second-order valence-electron chi connectivity index (χ2n) is 3.83. The van der Waals surface area contributed by atoms with E-state index in [4.69, 9.17) is 18.2 Å². The van der Waals surface area contributed by atoms with Crippen LogP contribution >= 0.6 is 11.6 Å². The molecule has 0 saturated heterocycles. The maximum atomic E-state index is 13.3. The van der Waals surface area contributed by atoms with Crippen LogP contribution in [0.2, 0.25) is 5.02 Å². The summed E-state index contributed by atoms with van der Waals surface area (Å²) in [5.74, 6) is -0.410. The molecule has 2 nitrogen and oxygen atoms in total. The van der Waals surface area contributed by atoms with Gasteiger partial charge < -0.3 is 4.98 Å². The van der Waals surface area contributed by atoms with E-state index in [1.165, 1.54) is 6.07 Å². The van der Waals surface area contributed by atoms with E-state index in [9.17, 15) is 4.39 Å². The number of rotatable bonds is 2. The molecule has 0 aliphatic rings. The average molecular weight is 238 g/mol. The molecule has 1 aromatic carbocycles. The summed E-state index contributed by atoms with van der Waals surface area (Å²) in [6, 6.07) is 3.03. The molecule has 82 valence electrons. The van der Waals surface area contributed by atoms with Crippen molar-refractivity contribution in [1.82, 2.24) is 4.98 Å². The van der Waals surface area contributed by atoms with Crippen LogP contribution in [0, 0.1) is 12.4 Å². The lowest BCUT2D eigenvalue weighted by atomic mass is 10.1. The number of aromatic amines is 1. The van der Waals surface area contributed by atoms with Crippen molar-refractivity contribution in [3.63, 3.8) is 0 Å². The number of H-pyrrole nitrogens is 1. The van der Waals surface area contributed by atoms with Crippen LogP contribution in [0.5, 0.6) is 0 Å². The van der Waals surface area contributed by atoms with Crippen LogP contribution in [0.3, 0.4) is 0 Å². The number of aromatic nitrogens is 1. The molecule has 2 aromatic rings. The topological polar surface area (TPSA) is 20.1 Å². The molecule has 0 bridgehead atoms. The molecule has 0 unspecified atom stereocenters. The predicted molar refractivity (Wildman–Crippen MR) is 64.7 cm³/mol. The maximum absolute atomic E-state index is 13.3. The van der Waals surface area contributed by atoms with Crippen molar-refractivity contribution in [2.75, 3.05) is 0 Å². The molecule has 1 heterocycles. The minimum Gasteiger partial charge on any atom is -0.361 e. The zero-order chi connectivity index (χ0) is 11.7. The Morgan fingerprint density at radius 2 is 2.31 bits per heavy atom. The second-order valence-corrected chi connectivity index (χ2v) is 4.24. The van der Waals surface area contributed by atoms with E-state index in [1.807, 2.05) is 13.1 Å². The number of hydrogen-bond donors (Lipinski definition) is 1. The Labute approximate surface area is 97.9 Å². The molecule has 0 spiro atoms. The van der Waals surface area contributed by atoms with Crippen LogP contribution in [0.1, 0.15) is 12.5 Å². The van der Waals surface area contributed by atoms with Crippen molar-refractivity contribution >= 4 is 22.5 Å². The average Bonchev–Trinajstić information content (AvgIpc) is 2.62. The minimum absolute atomic E-state index is 0.0118. The number of nitrogens with one attached hydrogen (secondary N) is 1. The highest BCUT2D eigenvalue weighted by atomic mass is 35.5. The summed E-state index contributed by atoms with van der Waals surface area (Å²) >= 11 is 5.70. The smallest absolute Gasteiger partial charge is 0.273 e. The van der Waals surface area contributed by atoms with Gasteiger partial charge in [0.15, 0.2) is 0 Å². The Hall–Kier alpha value is -1.53. The van der Waals surface area contributed by atoms with Crippen molar-refractivity contribution in [3.05, 3.63) is 39.6 Å². The van der Waals surface area contributed by atoms with Gasteiger partial charge in [-0.2, -0.15) is 0 Å². The summed E-state index contributed by atoms with van der Waals surface area (Å²) in [6.45, 7) is 7.11. The zero-order valence-electron chi connectivity index (χ0n) is 8.80. The number of benzene rings is 1. The summed E-state index contributed by atoms with van der Waals surface area (Å²) in [5, 5.41) is 0.954. The van der Waals surface area contributed by atoms with E-state index < -0.39 is 5.82 Å². The maximum Gasteiger partial charge on any atom is 0.273 e. The third-order valence-electron chi connectivity index (χ3n) is 2.58. The molecule has 1 atom stereocenters. The van der Waals surface area contributed by atoms with E-state index in [0.717, 1.165) is 16.5 Å². The molecular weight excluding hydrogens is 227 g/mol. The molecule has 0 saturated carbocycles. The Morgan fingerprint density at radius 1 is 1.56 bits per heavy atom. The van der Waals surface area contributed by atoms with E-state index in [-0.39, 0.29) is 11.1 Å². The first-order valence-corrected chi connectivity index (χ1v) is 5.34. The second kappa shape index (κ2) is 4.15. The number of fused-ring (bicyclic) bond motifs is 1. The first-order chi connectivity index (χ1) is 7.61. The fraction of sp³-hybridized carbons (Fsp3) is 0.250. The lowest BCUT2D eigenvalue weighted by Gasteiger charge is -1.98. The van der Waals surface area contributed by atoms with E-state index in [1.54, 1.807) is 6.07 Å². The van der Waals surface area contributed by atoms with Gasteiger partial charge in [0, 0.05) is 24.0 Å². The van der Waals surface area contributed by atoms with Gasteiger partial charge in [-0.05, 0) is 17.7 Å². The van der Waals surface area contributed by atoms with E-state index in [0.29, 0.717) is 6.42 Å². The molecule has 0 fully saturated rings. The molecule has 0 radical (unpaired) electrons. The predicted octanol–water partition coefficient (Wildman–Crippen LogP) is 3.85. The Kier molecular flexibility index (Phi) is 2.84. The van der Waals surface area contributed by atoms with Gasteiger partial charge in [0.2, 0.25) is 0 Å². The SMILES string of the molecule is C#[N+][C@@H](C)Cc1c[nH]c2cc(Cl)c(F)cc12. The molecule has 1 aromatic heterocycles. The minimum atomic E-state index is -0.410. The van der Waals surface area contributed by atoms with Crippen LogP contribution in [0.15, 0.2) is 18.3 Å². The van der Waals surface area contributed by atoms with Crippen molar-refractivity contribution in [2.24, 2.45) is 0 Å². The van der Waals surface area contributed by atoms with Crippen molar-refractivity contribution < 1.29 is 4.39 Å². The summed E-state index contributed by atoms with van der Waals surface area (Å²) in [7, 11) is 0. The third-order valence-corrected chi connectivity index (χ3v) is 2.87. The van der Waals surface area contributed by atoms with Gasteiger partial charge in [-0.1, -0.05) is 16.4 Å². The fourth-order valence-electron chi connectivity index (χ4n) is 1.71. The third kappa shape index (κ3) is 1.89. The quantitative estimate of drug-likeness (QED) is 0.819. The van der Waals surface area contributed by atoms with Gasteiger partial charge in [-0.3, -0.25) is 0 Å². The summed E-state index contributed by atoms with van der Waals surface area (Å²) in [5.41, 5.74) is 1.82.